The van der Waals surface area contributed by atoms with Gasteiger partial charge in [-0.3, -0.25) is 14.5 Å². The SMILES string of the molecule is CCCC1(c2ccccc2)NC(=O)N(CC(=O)Nc2c(C)cccc2C(C)C)C1=O. The third kappa shape index (κ3) is 3.95. The molecular formula is C24H29N3O3. The van der Waals surface area contributed by atoms with Gasteiger partial charge < -0.3 is 10.6 Å². The Morgan fingerprint density at radius 2 is 1.80 bits per heavy atom. The Hall–Kier alpha value is -3.15. The molecule has 1 aliphatic rings. The Morgan fingerprint density at radius 1 is 1.10 bits per heavy atom. The van der Waals surface area contributed by atoms with Gasteiger partial charge >= 0.3 is 6.03 Å². The van der Waals surface area contributed by atoms with E-state index in [-0.39, 0.29) is 18.4 Å². The van der Waals surface area contributed by atoms with Gasteiger partial charge in [-0.25, -0.2) is 4.79 Å². The highest BCUT2D eigenvalue weighted by Crippen LogP contribution is 2.34. The molecule has 158 valence electrons. The molecule has 1 fully saturated rings. The van der Waals surface area contributed by atoms with E-state index in [2.05, 4.69) is 24.5 Å². The van der Waals surface area contributed by atoms with Gasteiger partial charge in [-0.2, -0.15) is 0 Å². The molecule has 2 aromatic rings. The summed E-state index contributed by atoms with van der Waals surface area (Å²) >= 11 is 0. The second kappa shape index (κ2) is 8.69. The summed E-state index contributed by atoms with van der Waals surface area (Å²) in [5, 5.41) is 5.77. The zero-order chi connectivity index (χ0) is 21.9. The first-order chi connectivity index (χ1) is 14.3. The van der Waals surface area contributed by atoms with Crippen molar-refractivity contribution in [3.63, 3.8) is 0 Å². The zero-order valence-electron chi connectivity index (χ0n) is 18.0. The van der Waals surface area contributed by atoms with Crippen LogP contribution in [0.1, 0.15) is 56.2 Å². The number of nitrogens with zero attached hydrogens (tertiary/aromatic N) is 1. The second-order valence-corrected chi connectivity index (χ2v) is 8.08. The fourth-order valence-electron chi connectivity index (χ4n) is 4.04. The van der Waals surface area contributed by atoms with Crippen LogP contribution in [0.15, 0.2) is 48.5 Å². The van der Waals surface area contributed by atoms with Gasteiger partial charge in [-0.05, 0) is 36.0 Å². The summed E-state index contributed by atoms with van der Waals surface area (Å²) < 4.78 is 0. The highest BCUT2D eigenvalue weighted by atomic mass is 16.2. The van der Waals surface area contributed by atoms with Crippen LogP contribution in [-0.2, 0) is 15.1 Å². The number of benzene rings is 2. The maximum Gasteiger partial charge on any atom is 0.325 e. The molecule has 0 aromatic heterocycles. The summed E-state index contributed by atoms with van der Waals surface area (Å²) in [5.41, 5.74) is 2.31. The number of hydrogen-bond acceptors (Lipinski definition) is 3. The lowest BCUT2D eigenvalue weighted by Crippen LogP contribution is -2.44. The Kier molecular flexibility index (Phi) is 6.25. The van der Waals surface area contributed by atoms with Gasteiger partial charge in [0.15, 0.2) is 0 Å². The van der Waals surface area contributed by atoms with E-state index in [0.717, 1.165) is 27.3 Å². The van der Waals surface area contributed by atoms with Crippen molar-refractivity contribution in [1.82, 2.24) is 10.2 Å². The van der Waals surface area contributed by atoms with E-state index in [4.69, 9.17) is 0 Å². The van der Waals surface area contributed by atoms with Crippen LogP contribution >= 0.6 is 0 Å². The Bertz CT molecular complexity index is 955. The Morgan fingerprint density at radius 3 is 2.43 bits per heavy atom. The largest absolute Gasteiger partial charge is 0.325 e. The number of rotatable bonds is 7. The third-order valence-electron chi connectivity index (χ3n) is 5.56. The zero-order valence-corrected chi connectivity index (χ0v) is 18.0. The van der Waals surface area contributed by atoms with Crippen molar-refractivity contribution in [1.29, 1.82) is 0 Å². The van der Waals surface area contributed by atoms with Crippen LogP contribution in [0.25, 0.3) is 0 Å². The average Bonchev–Trinajstić information content (AvgIpc) is 2.95. The van der Waals surface area contributed by atoms with Crippen molar-refractivity contribution >= 4 is 23.5 Å². The molecule has 6 heteroatoms. The van der Waals surface area contributed by atoms with Crippen LogP contribution in [0.3, 0.4) is 0 Å². The van der Waals surface area contributed by atoms with E-state index < -0.39 is 17.5 Å². The molecule has 6 nitrogen and oxygen atoms in total. The van der Waals surface area contributed by atoms with Crippen LogP contribution in [0.2, 0.25) is 0 Å². The van der Waals surface area contributed by atoms with Gasteiger partial charge in [-0.1, -0.05) is 75.7 Å². The fourth-order valence-corrected chi connectivity index (χ4v) is 4.04. The van der Waals surface area contributed by atoms with Gasteiger partial charge in [0.25, 0.3) is 5.91 Å². The summed E-state index contributed by atoms with van der Waals surface area (Å²) in [6.07, 6.45) is 1.18. The predicted octanol–water partition coefficient (Wildman–Crippen LogP) is 4.30. The van der Waals surface area contributed by atoms with Crippen molar-refractivity contribution in [2.45, 2.75) is 52.0 Å². The molecule has 0 radical (unpaired) electrons. The van der Waals surface area contributed by atoms with Crippen LogP contribution < -0.4 is 10.6 Å². The molecule has 30 heavy (non-hydrogen) atoms. The number of urea groups is 1. The number of para-hydroxylation sites is 1. The molecule has 1 heterocycles. The molecule has 0 aliphatic carbocycles. The monoisotopic (exact) mass is 407 g/mol. The molecule has 3 rings (SSSR count). The van der Waals surface area contributed by atoms with Crippen LogP contribution in [0.5, 0.6) is 0 Å². The van der Waals surface area contributed by atoms with Crippen molar-refractivity contribution in [3.8, 4) is 0 Å². The minimum Gasteiger partial charge on any atom is -0.324 e. The van der Waals surface area contributed by atoms with Gasteiger partial charge in [0.1, 0.15) is 12.1 Å². The highest BCUT2D eigenvalue weighted by Gasteiger charge is 2.52. The number of aryl methyl sites for hydroxylation is 1. The quantitative estimate of drug-likeness (QED) is 0.672. The number of anilines is 1. The first-order valence-corrected chi connectivity index (χ1v) is 10.4. The molecule has 2 N–H and O–H groups in total. The third-order valence-corrected chi connectivity index (χ3v) is 5.56. The standard InChI is InChI=1S/C24H29N3O3/c1-5-14-24(18-11-7-6-8-12-18)22(29)27(23(30)26-24)15-20(28)25-21-17(4)10-9-13-19(21)16(2)3/h6-13,16H,5,14-15H2,1-4H3,(H,25,28)(H,26,30). The number of carbonyl (C=O) groups excluding carboxylic acids is 3. The molecule has 1 aliphatic heterocycles. The lowest BCUT2D eigenvalue weighted by molar-refractivity contribution is -0.134. The molecule has 1 saturated heterocycles. The molecule has 1 atom stereocenters. The highest BCUT2D eigenvalue weighted by molar-refractivity contribution is 6.10. The molecule has 0 bridgehead atoms. The number of hydrogen-bond donors (Lipinski definition) is 2. The average molecular weight is 408 g/mol. The molecule has 4 amide bonds. The molecule has 2 aromatic carbocycles. The van der Waals surface area contributed by atoms with E-state index in [9.17, 15) is 14.4 Å². The molecular weight excluding hydrogens is 378 g/mol. The summed E-state index contributed by atoms with van der Waals surface area (Å²) in [4.78, 5) is 39.8. The van der Waals surface area contributed by atoms with Crippen LogP contribution in [0.4, 0.5) is 10.5 Å². The summed E-state index contributed by atoms with van der Waals surface area (Å²) in [6, 6.07) is 14.5. The van der Waals surface area contributed by atoms with Gasteiger partial charge in [0.2, 0.25) is 5.91 Å². The lowest BCUT2D eigenvalue weighted by Gasteiger charge is -2.27. The fraction of sp³-hybridized carbons (Fsp3) is 0.375. The van der Waals surface area contributed by atoms with E-state index in [1.165, 1.54) is 0 Å². The smallest absolute Gasteiger partial charge is 0.324 e. The Balaban J connectivity index is 1.83. The normalized spacial score (nSPS) is 18.6. The summed E-state index contributed by atoms with van der Waals surface area (Å²) in [6.45, 7) is 7.68. The van der Waals surface area contributed by atoms with E-state index in [1.807, 2.05) is 62.4 Å². The minimum atomic E-state index is -1.13. The van der Waals surface area contributed by atoms with Gasteiger partial charge in [0.05, 0.1) is 0 Å². The van der Waals surface area contributed by atoms with Gasteiger partial charge in [-0.15, -0.1) is 0 Å². The number of carbonyl (C=O) groups is 3. The first kappa shape index (κ1) is 21.6. The van der Waals surface area contributed by atoms with Gasteiger partial charge in [0, 0.05) is 5.69 Å². The Labute approximate surface area is 177 Å². The number of amides is 4. The predicted molar refractivity (Wildman–Crippen MR) is 117 cm³/mol. The molecule has 0 spiro atoms. The second-order valence-electron chi connectivity index (χ2n) is 8.08. The first-order valence-electron chi connectivity index (χ1n) is 10.4. The molecule has 0 saturated carbocycles. The van der Waals surface area contributed by atoms with Crippen molar-refractivity contribution < 1.29 is 14.4 Å². The number of nitrogens with one attached hydrogen (secondary N) is 2. The summed E-state index contributed by atoms with van der Waals surface area (Å²) in [7, 11) is 0. The minimum absolute atomic E-state index is 0.229. The topological polar surface area (TPSA) is 78.5 Å². The molecule has 1 unspecified atom stereocenters. The van der Waals surface area contributed by atoms with Crippen LogP contribution in [0, 0.1) is 6.92 Å². The van der Waals surface area contributed by atoms with Crippen molar-refractivity contribution in [2.75, 3.05) is 11.9 Å². The van der Waals surface area contributed by atoms with Crippen molar-refractivity contribution in [2.24, 2.45) is 0 Å². The van der Waals surface area contributed by atoms with E-state index in [1.54, 1.807) is 0 Å². The van der Waals surface area contributed by atoms with Crippen LogP contribution in [-0.4, -0.2) is 29.3 Å². The maximum absolute atomic E-state index is 13.3. The van der Waals surface area contributed by atoms with E-state index >= 15 is 0 Å². The van der Waals surface area contributed by atoms with Crippen molar-refractivity contribution in [3.05, 3.63) is 65.2 Å². The maximum atomic E-state index is 13.3. The number of imide groups is 1. The lowest BCUT2D eigenvalue weighted by atomic mass is 9.85. The van der Waals surface area contributed by atoms with E-state index in [0.29, 0.717) is 12.8 Å². The summed E-state index contributed by atoms with van der Waals surface area (Å²) in [5.74, 6) is -0.549.